The summed E-state index contributed by atoms with van der Waals surface area (Å²) in [5.74, 6) is -0.803. The molecule has 0 saturated carbocycles. The average molecular weight is 261 g/mol. The fraction of sp³-hybridized carbons (Fsp3) is 0.286. The minimum absolute atomic E-state index is 0.0323. The summed E-state index contributed by atoms with van der Waals surface area (Å²) in [5.41, 5.74) is 0.902. The molecule has 0 bridgehead atoms. The number of benzene rings is 1. The quantitative estimate of drug-likeness (QED) is 0.859. The SMILES string of the molecule is CCCOC(=O)c1oc2ccccc2c1NC(C)=O. The molecule has 5 nitrogen and oxygen atoms in total. The highest BCUT2D eigenvalue weighted by atomic mass is 16.5. The van der Waals surface area contributed by atoms with Crippen LogP contribution in [0.5, 0.6) is 0 Å². The highest BCUT2D eigenvalue weighted by molar-refractivity contribution is 6.09. The van der Waals surface area contributed by atoms with Gasteiger partial charge in [0.15, 0.2) is 0 Å². The summed E-state index contributed by atoms with van der Waals surface area (Å²) in [6.07, 6.45) is 0.724. The zero-order valence-corrected chi connectivity index (χ0v) is 10.9. The van der Waals surface area contributed by atoms with Crippen molar-refractivity contribution < 1.29 is 18.7 Å². The lowest BCUT2D eigenvalue weighted by molar-refractivity contribution is -0.114. The fourth-order valence-electron chi connectivity index (χ4n) is 1.75. The smallest absolute Gasteiger partial charge is 0.376 e. The molecule has 0 saturated heterocycles. The van der Waals surface area contributed by atoms with Crippen LogP contribution in [-0.4, -0.2) is 18.5 Å². The van der Waals surface area contributed by atoms with Crippen LogP contribution in [0.15, 0.2) is 28.7 Å². The number of hydrogen-bond donors (Lipinski definition) is 1. The molecule has 1 heterocycles. The van der Waals surface area contributed by atoms with E-state index in [4.69, 9.17) is 9.15 Å². The third kappa shape index (κ3) is 2.76. The van der Waals surface area contributed by atoms with E-state index in [9.17, 15) is 9.59 Å². The second-order valence-electron chi connectivity index (χ2n) is 4.12. The number of hydrogen-bond acceptors (Lipinski definition) is 4. The highest BCUT2D eigenvalue weighted by Gasteiger charge is 2.22. The Morgan fingerprint density at radius 1 is 1.32 bits per heavy atom. The van der Waals surface area contributed by atoms with Crippen LogP contribution in [-0.2, 0) is 9.53 Å². The van der Waals surface area contributed by atoms with Crippen LogP contribution in [0.3, 0.4) is 0 Å². The van der Waals surface area contributed by atoms with Gasteiger partial charge in [0, 0.05) is 12.3 Å². The molecule has 2 rings (SSSR count). The van der Waals surface area contributed by atoms with E-state index >= 15 is 0 Å². The van der Waals surface area contributed by atoms with E-state index in [0.29, 0.717) is 23.3 Å². The summed E-state index contributed by atoms with van der Waals surface area (Å²) < 4.78 is 10.5. The van der Waals surface area contributed by atoms with Crippen molar-refractivity contribution in [3.05, 3.63) is 30.0 Å². The third-order valence-electron chi connectivity index (χ3n) is 2.52. The Kier molecular flexibility index (Phi) is 3.85. The zero-order valence-electron chi connectivity index (χ0n) is 10.9. The lowest BCUT2D eigenvalue weighted by atomic mass is 10.2. The van der Waals surface area contributed by atoms with Crippen molar-refractivity contribution in [3.63, 3.8) is 0 Å². The molecule has 0 atom stereocenters. The molecule has 0 aliphatic heterocycles. The summed E-state index contributed by atoms with van der Waals surface area (Å²) in [4.78, 5) is 23.1. The Labute approximate surface area is 110 Å². The van der Waals surface area contributed by atoms with E-state index in [1.807, 2.05) is 13.0 Å². The summed E-state index contributed by atoms with van der Waals surface area (Å²) in [6.45, 7) is 3.60. The van der Waals surface area contributed by atoms with Gasteiger partial charge in [-0.3, -0.25) is 4.79 Å². The van der Waals surface area contributed by atoms with Gasteiger partial charge in [-0.15, -0.1) is 0 Å². The van der Waals surface area contributed by atoms with Gasteiger partial charge in [-0.05, 0) is 18.6 Å². The highest BCUT2D eigenvalue weighted by Crippen LogP contribution is 2.31. The van der Waals surface area contributed by atoms with Gasteiger partial charge in [0.1, 0.15) is 11.3 Å². The molecule has 1 amide bonds. The number of amides is 1. The van der Waals surface area contributed by atoms with Crippen molar-refractivity contribution in [3.8, 4) is 0 Å². The Morgan fingerprint density at radius 3 is 2.74 bits per heavy atom. The number of ether oxygens (including phenoxy) is 1. The Hall–Kier alpha value is -2.30. The summed E-state index contributed by atoms with van der Waals surface area (Å²) in [6, 6.07) is 7.12. The topological polar surface area (TPSA) is 68.5 Å². The van der Waals surface area contributed by atoms with Crippen molar-refractivity contribution in [2.45, 2.75) is 20.3 Å². The van der Waals surface area contributed by atoms with E-state index < -0.39 is 5.97 Å². The molecule has 2 aromatic rings. The number of fused-ring (bicyclic) bond motifs is 1. The van der Waals surface area contributed by atoms with Crippen molar-refractivity contribution in [1.82, 2.24) is 0 Å². The molecular weight excluding hydrogens is 246 g/mol. The van der Waals surface area contributed by atoms with Crippen LogP contribution in [0.25, 0.3) is 11.0 Å². The molecule has 1 aromatic heterocycles. The van der Waals surface area contributed by atoms with E-state index in [1.165, 1.54) is 6.92 Å². The first kappa shape index (κ1) is 13.1. The minimum Gasteiger partial charge on any atom is -0.460 e. The first-order chi connectivity index (χ1) is 9.13. The standard InChI is InChI=1S/C14H15NO4/c1-3-8-18-14(17)13-12(15-9(2)16)10-6-4-5-7-11(10)19-13/h4-7H,3,8H2,1-2H3,(H,15,16). The van der Waals surface area contributed by atoms with E-state index in [2.05, 4.69) is 5.32 Å². The second-order valence-corrected chi connectivity index (χ2v) is 4.12. The lowest BCUT2D eigenvalue weighted by Crippen LogP contribution is -2.11. The maximum absolute atomic E-state index is 11.9. The predicted octanol–water partition coefficient (Wildman–Crippen LogP) is 2.96. The Balaban J connectivity index is 2.46. The molecule has 0 radical (unpaired) electrons. The van der Waals surface area contributed by atoms with Crippen LogP contribution < -0.4 is 5.32 Å². The van der Waals surface area contributed by atoms with Gasteiger partial charge in [0.25, 0.3) is 0 Å². The Bertz CT molecular complexity index is 615. The third-order valence-corrected chi connectivity index (χ3v) is 2.52. The van der Waals surface area contributed by atoms with Crippen molar-refractivity contribution in [2.75, 3.05) is 11.9 Å². The number of carbonyl (C=O) groups excluding carboxylic acids is 2. The van der Waals surface area contributed by atoms with Gasteiger partial charge in [-0.1, -0.05) is 19.1 Å². The van der Waals surface area contributed by atoms with Crippen LogP contribution in [0.1, 0.15) is 30.8 Å². The van der Waals surface area contributed by atoms with Crippen LogP contribution in [0.4, 0.5) is 5.69 Å². The predicted molar refractivity (Wildman–Crippen MR) is 71.1 cm³/mol. The fourth-order valence-corrected chi connectivity index (χ4v) is 1.75. The van der Waals surface area contributed by atoms with E-state index in [1.54, 1.807) is 18.2 Å². The largest absolute Gasteiger partial charge is 0.460 e. The molecule has 1 N–H and O–H groups in total. The number of rotatable bonds is 4. The number of anilines is 1. The molecule has 0 aliphatic rings. The van der Waals surface area contributed by atoms with Crippen molar-refractivity contribution in [2.24, 2.45) is 0 Å². The van der Waals surface area contributed by atoms with Crippen LogP contribution in [0, 0.1) is 0 Å². The van der Waals surface area contributed by atoms with Gasteiger partial charge in [-0.25, -0.2) is 4.79 Å². The van der Waals surface area contributed by atoms with Crippen LogP contribution in [0.2, 0.25) is 0 Å². The van der Waals surface area contributed by atoms with Crippen molar-refractivity contribution >= 4 is 28.5 Å². The zero-order chi connectivity index (χ0) is 13.8. The van der Waals surface area contributed by atoms with Gasteiger partial charge in [0.2, 0.25) is 11.7 Å². The normalized spacial score (nSPS) is 10.4. The molecule has 100 valence electrons. The molecule has 19 heavy (non-hydrogen) atoms. The molecule has 1 aromatic carbocycles. The second kappa shape index (κ2) is 5.56. The van der Waals surface area contributed by atoms with Crippen LogP contribution >= 0.6 is 0 Å². The van der Waals surface area contributed by atoms with E-state index in [-0.39, 0.29) is 11.7 Å². The number of carbonyl (C=O) groups is 2. The minimum atomic E-state index is -0.568. The van der Waals surface area contributed by atoms with E-state index in [0.717, 1.165) is 6.42 Å². The lowest BCUT2D eigenvalue weighted by Gasteiger charge is -2.03. The van der Waals surface area contributed by atoms with Gasteiger partial charge < -0.3 is 14.5 Å². The summed E-state index contributed by atoms with van der Waals surface area (Å²) in [7, 11) is 0. The molecular formula is C14H15NO4. The summed E-state index contributed by atoms with van der Waals surface area (Å²) >= 11 is 0. The summed E-state index contributed by atoms with van der Waals surface area (Å²) in [5, 5.41) is 3.30. The number of nitrogens with one attached hydrogen (secondary N) is 1. The van der Waals surface area contributed by atoms with Crippen molar-refractivity contribution in [1.29, 1.82) is 0 Å². The average Bonchev–Trinajstić information content (AvgIpc) is 2.74. The molecule has 0 unspecified atom stereocenters. The Morgan fingerprint density at radius 2 is 2.05 bits per heavy atom. The maximum atomic E-state index is 11.9. The number of para-hydroxylation sites is 1. The van der Waals surface area contributed by atoms with Gasteiger partial charge in [-0.2, -0.15) is 0 Å². The first-order valence-electron chi connectivity index (χ1n) is 6.09. The molecule has 0 fully saturated rings. The number of esters is 1. The van der Waals surface area contributed by atoms with Gasteiger partial charge in [0.05, 0.1) is 6.61 Å². The molecule has 5 heteroatoms. The van der Waals surface area contributed by atoms with Gasteiger partial charge >= 0.3 is 5.97 Å². The molecule has 0 aliphatic carbocycles. The monoisotopic (exact) mass is 261 g/mol. The number of furan rings is 1. The maximum Gasteiger partial charge on any atom is 0.376 e. The molecule has 0 spiro atoms. The first-order valence-corrected chi connectivity index (χ1v) is 6.09.